The summed E-state index contributed by atoms with van der Waals surface area (Å²) in [7, 11) is -8.93. The van der Waals surface area contributed by atoms with Crippen LogP contribution in [0.5, 0.6) is 5.75 Å². The number of amides is 1. The molecular formula is C23H22N2O10S3. The van der Waals surface area contributed by atoms with Crippen LogP contribution in [-0.4, -0.2) is 50.7 Å². The third kappa shape index (κ3) is 5.27. The SMILES string of the molecule is C=C(C)C(=O)NCCCNS(=O)(=O)c1cc(O)c2ccc3c(S(=O)(=O)O)cc(SOOO)c4ccc1c2c43. The summed E-state index contributed by atoms with van der Waals surface area (Å²) in [5, 5.41) is 26.9. The van der Waals surface area contributed by atoms with Crippen molar-refractivity contribution in [2.75, 3.05) is 13.1 Å². The molecule has 4 aromatic carbocycles. The summed E-state index contributed by atoms with van der Waals surface area (Å²) in [5.74, 6) is -0.718. The van der Waals surface area contributed by atoms with Crippen LogP contribution in [0.1, 0.15) is 13.3 Å². The van der Waals surface area contributed by atoms with Crippen molar-refractivity contribution in [2.24, 2.45) is 0 Å². The highest BCUT2D eigenvalue weighted by Gasteiger charge is 2.26. The van der Waals surface area contributed by atoms with E-state index in [0.717, 1.165) is 12.1 Å². The third-order valence-electron chi connectivity index (χ3n) is 5.80. The summed E-state index contributed by atoms with van der Waals surface area (Å²) in [6, 6.07) is 8.02. The zero-order chi connectivity index (χ0) is 27.8. The highest BCUT2D eigenvalue weighted by molar-refractivity contribution is 7.94. The van der Waals surface area contributed by atoms with Gasteiger partial charge in [0, 0.05) is 56.6 Å². The van der Waals surface area contributed by atoms with Crippen LogP contribution >= 0.6 is 12.0 Å². The third-order valence-corrected chi connectivity index (χ3v) is 8.84. The van der Waals surface area contributed by atoms with Crippen LogP contribution in [0.25, 0.3) is 32.3 Å². The molecule has 4 aromatic rings. The Labute approximate surface area is 221 Å². The predicted molar refractivity (Wildman–Crippen MR) is 140 cm³/mol. The van der Waals surface area contributed by atoms with E-state index in [4.69, 9.17) is 5.26 Å². The Morgan fingerprint density at radius 3 is 2.21 bits per heavy atom. The van der Waals surface area contributed by atoms with Gasteiger partial charge in [-0.3, -0.25) is 9.35 Å². The zero-order valence-corrected chi connectivity index (χ0v) is 22.2. The second kappa shape index (κ2) is 10.6. The average Bonchev–Trinajstić information content (AvgIpc) is 2.85. The van der Waals surface area contributed by atoms with Gasteiger partial charge in [-0.1, -0.05) is 29.8 Å². The van der Waals surface area contributed by atoms with E-state index < -0.39 is 25.0 Å². The molecule has 38 heavy (non-hydrogen) atoms. The van der Waals surface area contributed by atoms with E-state index in [9.17, 15) is 31.3 Å². The van der Waals surface area contributed by atoms with Gasteiger partial charge in [0.25, 0.3) is 10.1 Å². The maximum atomic E-state index is 13.2. The van der Waals surface area contributed by atoms with E-state index in [2.05, 4.69) is 26.0 Å². The standard InChI is InChI=1S/C23H22N2O10S3/c1-12(2)23(27)24-8-3-9-25-37(29,30)19-10-17(26)13-4-6-16-20(38(31,32)33)11-18(36-35-34-28)14-5-7-15(19)21(13)22(14)16/h4-7,10-11,25-26,28H,1,3,8-9H2,2H3,(H,24,27)(H,31,32,33). The van der Waals surface area contributed by atoms with Gasteiger partial charge in [0.2, 0.25) is 15.9 Å². The van der Waals surface area contributed by atoms with Crippen molar-refractivity contribution < 1.29 is 45.9 Å². The first kappa shape index (κ1) is 28.0. The lowest BCUT2D eigenvalue weighted by molar-refractivity contribution is -0.432. The van der Waals surface area contributed by atoms with Gasteiger partial charge >= 0.3 is 0 Å². The molecule has 0 radical (unpaired) electrons. The lowest BCUT2D eigenvalue weighted by Crippen LogP contribution is -2.30. The van der Waals surface area contributed by atoms with E-state index in [-0.39, 0.29) is 67.9 Å². The lowest BCUT2D eigenvalue weighted by atomic mass is 9.94. The minimum absolute atomic E-state index is 0.0201. The van der Waals surface area contributed by atoms with Gasteiger partial charge in [-0.05, 0) is 30.9 Å². The lowest BCUT2D eigenvalue weighted by Gasteiger charge is -2.18. The maximum absolute atomic E-state index is 13.2. The van der Waals surface area contributed by atoms with Gasteiger partial charge in [-0.25, -0.2) is 18.4 Å². The largest absolute Gasteiger partial charge is 0.507 e. The quantitative estimate of drug-likeness (QED) is 0.0332. The number of carbonyl (C=O) groups is 1. The van der Waals surface area contributed by atoms with Gasteiger partial charge in [0.1, 0.15) is 10.6 Å². The Morgan fingerprint density at radius 1 is 0.974 bits per heavy atom. The molecule has 0 aliphatic rings. The van der Waals surface area contributed by atoms with Crippen LogP contribution in [-0.2, 0) is 34.3 Å². The Hall–Kier alpha value is -3.02. The molecule has 0 heterocycles. The fourth-order valence-corrected chi connectivity index (χ4v) is 6.78. The first-order chi connectivity index (χ1) is 17.9. The molecule has 0 aliphatic heterocycles. The predicted octanol–water partition coefficient (Wildman–Crippen LogP) is 3.33. The van der Waals surface area contributed by atoms with Crippen LogP contribution in [0.2, 0.25) is 0 Å². The Kier molecular flexibility index (Phi) is 7.83. The van der Waals surface area contributed by atoms with Crippen LogP contribution < -0.4 is 10.0 Å². The normalized spacial score (nSPS) is 12.5. The molecule has 0 atom stereocenters. The summed E-state index contributed by atoms with van der Waals surface area (Å²) >= 11 is 0.460. The van der Waals surface area contributed by atoms with Crippen molar-refractivity contribution >= 4 is 70.4 Å². The Bertz CT molecular complexity index is 1790. The van der Waals surface area contributed by atoms with Crippen molar-refractivity contribution in [1.82, 2.24) is 10.0 Å². The van der Waals surface area contributed by atoms with Crippen LogP contribution in [0.4, 0.5) is 0 Å². The molecule has 4 rings (SSSR count). The van der Waals surface area contributed by atoms with Crippen molar-refractivity contribution in [3.05, 3.63) is 48.6 Å². The fourth-order valence-electron chi connectivity index (χ4n) is 4.16. The summed E-state index contributed by atoms with van der Waals surface area (Å²) in [5.41, 5.74) is 0.323. The number of carbonyl (C=O) groups excluding carboxylic acids is 1. The Balaban J connectivity index is 1.86. The Morgan fingerprint density at radius 2 is 1.58 bits per heavy atom. The van der Waals surface area contributed by atoms with Crippen molar-refractivity contribution in [3.8, 4) is 5.75 Å². The number of sulfonamides is 1. The number of hydrogen-bond donors (Lipinski definition) is 5. The second-order valence-electron chi connectivity index (χ2n) is 8.33. The molecule has 15 heteroatoms. The summed E-state index contributed by atoms with van der Waals surface area (Å²) in [4.78, 5) is 11.0. The van der Waals surface area contributed by atoms with Crippen molar-refractivity contribution in [2.45, 2.75) is 28.0 Å². The molecule has 202 valence electrons. The summed E-state index contributed by atoms with van der Waals surface area (Å²) in [6.45, 7) is 5.26. The first-order valence-electron chi connectivity index (χ1n) is 10.9. The molecule has 12 nitrogen and oxygen atoms in total. The molecule has 0 bridgehead atoms. The van der Waals surface area contributed by atoms with Crippen molar-refractivity contribution in [1.29, 1.82) is 0 Å². The highest BCUT2D eigenvalue weighted by Crippen LogP contribution is 2.45. The zero-order valence-electron chi connectivity index (χ0n) is 19.7. The van der Waals surface area contributed by atoms with Gasteiger partial charge in [0.15, 0.2) is 0 Å². The van der Waals surface area contributed by atoms with E-state index in [0.29, 0.717) is 23.0 Å². The summed E-state index contributed by atoms with van der Waals surface area (Å²) < 4.78 is 67.6. The van der Waals surface area contributed by atoms with Gasteiger partial charge < -0.3 is 10.4 Å². The minimum atomic E-state index is -4.75. The van der Waals surface area contributed by atoms with Gasteiger partial charge in [-0.15, -0.1) is 4.33 Å². The van der Waals surface area contributed by atoms with Crippen molar-refractivity contribution in [3.63, 3.8) is 0 Å². The molecule has 0 aromatic heterocycles. The van der Waals surface area contributed by atoms with Crippen LogP contribution in [0.3, 0.4) is 0 Å². The van der Waals surface area contributed by atoms with Gasteiger partial charge in [0.05, 0.1) is 16.9 Å². The molecule has 0 saturated carbocycles. The molecule has 1 amide bonds. The fraction of sp³-hybridized carbons (Fsp3) is 0.174. The molecular weight excluding hydrogens is 560 g/mol. The number of phenols is 1. The molecule has 0 spiro atoms. The minimum Gasteiger partial charge on any atom is -0.507 e. The number of aromatic hydroxyl groups is 1. The number of rotatable bonds is 11. The average molecular weight is 583 g/mol. The van der Waals surface area contributed by atoms with Crippen LogP contribution in [0.15, 0.2) is 63.2 Å². The van der Waals surface area contributed by atoms with E-state index in [1.54, 1.807) is 6.92 Å². The molecule has 5 N–H and O–H groups in total. The van der Waals surface area contributed by atoms with E-state index >= 15 is 0 Å². The molecule has 0 unspecified atom stereocenters. The number of benzene rings is 4. The highest BCUT2D eigenvalue weighted by atomic mass is 32.2. The number of nitrogens with one attached hydrogen (secondary N) is 2. The number of phenolic OH excluding ortho intramolecular Hbond substituents is 1. The topological polar surface area (TPSA) is 189 Å². The van der Waals surface area contributed by atoms with E-state index in [1.165, 1.54) is 24.3 Å². The van der Waals surface area contributed by atoms with E-state index in [1.807, 2.05) is 0 Å². The number of hydrogen-bond acceptors (Lipinski definition) is 10. The molecule has 0 fully saturated rings. The summed E-state index contributed by atoms with van der Waals surface area (Å²) in [6.07, 6.45) is 0.279. The van der Waals surface area contributed by atoms with Crippen LogP contribution in [0, 0.1) is 0 Å². The first-order valence-corrected chi connectivity index (χ1v) is 14.6. The molecule has 0 aliphatic carbocycles. The smallest absolute Gasteiger partial charge is 0.295 e. The monoisotopic (exact) mass is 582 g/mol. The second-order valence-corrected chi connectivity index (χ2v) is 12.2. The molecule has 0 saturated heterocycles. The van der Waals surface area contributed by atoms with Gasteiger partial charge in [-0.2, -0.15) is 8.42 Å². The maximum Gasteiger partial charge on any atom is 0.295 e.